The second-order valence-corrected chi connectivity index (χ2v) is 2.97. The molecule has 3 N–H and O–H groups in total. The molecule has 2 aromatic rings. The van der Waals surface area contributed by atoms with E-state index in [1.165, 1.54) is 11.3 Å². The summed E-state index contributed by atoms with van der Waals surface area (Å²) in [6.45, 7) is 0. The summed E-state index contributed by atoms with van der Waals surface area (Å²) >= 11 is 1.39. The first-order valence-electron chi connectivity index (χ1n) is 2.96. The molecular weight excluding hydrogens is 162 g/mol. The van der Waals surface area contributed by atoms with Gasteiger partial charge in [-0.3, -0.25) is 0 Å². The second-order valence-electron chi connectivity index (χ2n) is 2.06. The van der Waals surface area contributed by atoms with Gasteiger partial charge in [0.25, 0.3) is 0 Å². The van der Waals surface area contributed by atoms with Crippen molar-refractivity contribution in [3.8, 4) is 5.75 Å². The summed E-state index contributed by atoms with van der Waals surface area (Å²) in [5.41, 5.74) is 5.85. The molecule has 2 aromatic heterocycles. The molecule has 0 aliphatic carbocycles. The van der Waals surface area contributed by atoms with Gasteiger partial charge in [0.15, 0.2) is 5.75 Å². The molecule has 0 aromatic carbocycles. The lowest BCUT2D eigenvalue weighted by atomic mass is 10.4. The minimum Gasteiger partial charge on any atom is -0.505 e. The van der Waals surface area contributed by atoms with E-state index >= 15 is 0 Å². The van der Waals surface area contributed by atoms with E-state index in [-0.39, 0.29) is 11.7 Å². The van der Waals surface area contributed by atoms with Crippen LogP contribution in [-0.4, -0.2) is 15.1 Å². The van der Waals surface area contributed by atoms with Crippen LogP contribution < -0.4 is 5.73 Å². The van der Waals surface area contributed by atoms with Crippen LogP contribution in [0.5, 0.6) is 5.75 Å². The fourth-order valence-electron chi connectivity index (χ4n) is 0.829. The van der Waals surface area contributed by atoms with Crippen LogP contribution in [0, 0.1) is 0 Å². The fourth-order valence-corrected chi connectivity index (χ4v) is 1.55. The Balaban J connectivity index is 2.87. The van der Waals surface area contributed by atoms with Crippen LogP contribution in [0.15, 0.2) is 11.6 Å². The largest absolute Gasteiger partial charge is 0.505 e. The molecule has 0 spiro atoms. The summed E-state index contributed by atoms with van der Waals surface area (Å²) in [6, 6.07) is 0. The Kier molecular flexibility index (Phi) is 1.19. The predicted octanol–water partition coefficient (Wildman–Crippen LogP) is 0.979. The van der Waals surface area contributed by atoms with Crippen molar-refractivity contribution in [1.29, 1.82) is 0 Å². The Morgan fingerprint density at radius 3 is 3.18 bits per heavy atom. The number of thiophene rings is 1. The number of aromatic hydroxyl groups is 1. The highest BCUT2D eigenvalue weighted by Gasteiger charge is 2.03. The third kappa shape index (κ3) is 0.894. The molecule has 0 aliphatic heterocycles. The highest BCUT2D eigenvalue weighted by Crippen LogP contribution is 2.28. The fraction of sp³-hybridized carbons (Fsp3) is 0. The molecule has 2 rings (SSSR count). The van der Waals surface area contributed by atoms with Gasteiger partial charge in [-0.25, -0.2) is 9.97 Å². The minimum atomic E-state index is 0.166. The summed E-state index contributed by atoms with van der Waals surface area (Å²) in [6.07, 6.45) is 1.60. The molecule has 5 heteroatoms. The van der Waals surface area contributed by atoms with Gasteiger partial charge in [0.05, 0.1) is 10.9 Å². The van der Waals surface area contributed by atoms with Crippen molar-refractivity contribution >= 4 is 27.5 Å². The summed E-state index contributed by atoms with van der Waals surface area (Å²) in [7, 11) is 0. The number of anilines is 1. The van der Waals surface area contributed by atoms with Crippen LogP contribution >= 0.6 is 11.3 Å². The number of fused-ring (bicyclic) bond motifs is 1. The number of nitrogen functional groups attached to an aromatic ring is 1. The minimum absolute atomic E-state index is 0.166. The molecule has 0 atom stereocenters. The van der Waals surface area contributed by atoms with Gasteiger partial charge in [-0.2, -0.15) is 0 Å². The standard InChI is InChI=1S/C6H5N3OS/c7-6-8-1-4-5(9-6)3(10)2-11-4/h1-2,10H,(H2,7,8,9). The van der Waals surface area contributed by atoms with Gasteiger partial charge in [0, 0.05) is 5.38 Å². The van der Waals surface area contributed by atoms with Crippen LogP contribution in [0.4, 0.5) is 5.95 Å². The third-order valence-electron chi connectivity index (χ3n) is 1.31. The van der Waals surface area contributed by atoms with E-state index < -0.39 is 0 Å². The van der Waals surface area contributed by atoms with Crippen LogP contribution in [0.1, 0.15) is 0 Å². The first-order chi connectivity index (χ1) is 5.27. The smallest absolute Gasteiger partial charge is 0.220 e. The van der Waals surface area contributed by atoms with Crippen molar-refractivity contribution in [3.05, 3.63) is 11.6 Å². The Morgan fingerprint density at radius 1 is 1.55 bits per heavy atom. The molecule has 0 unspecified atom stereocenters. The van der Waals surface area contributed by atoms with Crippen LogP contribution in [0.3, 0.4) is 0 Å². The molecule has 0 amide bonds. The lowest BCUT2D eigenvalue weighted by molar-refractivity contribution is 0.482. The molecule has 11 heavy (non-hydrogen) atoms. The first-order valence-corrected chi connectivity index (χ1v) is 3.84. The second kappa shape index (κ2) is 2.06. The number of nitrogens with zero attached hydrogens (tertiary/aromatic N) is 2. The van der Waals surface area contributed by atoms with Gasteiger partial charge < -0.3 is 10.8 Å². The van der Waals surface area contributed by atoms with Gasteiger partial charge in [-0.05, 0) is 0 Å². The zero-order chi connectivity index (χ0) is 7.84. The Bertz CT molecular complexity index is 398. The van der Waals surface area contributed by atoms with Gasteiger partial charge in [0.1, 0.15) is 5.52 Å². The highest BCUT2D eigenvalue weighted by molar-refractivity contribution is 7.17. The normalized spacial score (nSPS) is 10.5. The number of aromatic nitrogens is 2. The zero-order valence-corrected chi connectivity index (χ0v) is 6.30. The first kappa shape index (κ1) is 6.36. The Labute approximate surface area is 66.3 Å². The summed E-state index contributed by atoms with van der Waals surface area (Å²) in [4.78, 5) is 7.65. The maximum atomic E-state index is 9.20. The van der Waals surface area contributed by atoms with Crippen molar-refractivity contribution in [1.82, 2.24) is 9.97 Å². The van der Waals surface area contributed by atoms with Crippen molar-refractivity contribution in [3.63, 3.8) is 0 Å². The third-order valence-corrected chi connectivity index (χ3v) is 2.21. The van der Waals surface area contributed by atoms with E-state index in [2.05, 4.69) is 9.97 Å². The van der Waals surface area contributed by atoms with Gasteiger partial charge in [-0.15, -0.1) is 11.3 Å². The lowest BCUT2D eigenvalue weighted by Crippen LogP contribution is -1.92. The van der Waals surface area contributed by atoms with E-state index in [9.17, 15) is 5.11 Å². The number of hydrogen-bond donors (Lipinski definition) is 2. The Morgan fingerprint density at radius 2 is 2.36 bits per heavy atom. The molecule has 56 valence electrons. The van der Waals surface area contributed by atoms with E-state index in [4.69, 9.17) is 5.73 Å². The molecule has 0 aliphatic rings. The topological polar surface area (TPSA) is 72.0 Å². The van der Waals surface area contributed by atoms with Gasteiger partial charge >= 0.3 is 0 Å². The maximum absolute atomic E-state index is 9.20. The number of hydrogen-bond acceptors (Lipinski definition) is 5. The average molecular weight is 167 g/mol. The van der Waals surface area contributed by atoms with Gasteiger partial charge in [-0.1, -0.05) is 0 Å². The molecular formula is C6H5N3OS. The highest BCUT2D eigenvalue weighted by atomic mass is 32.1. The van der Waals surface area contributed by atoms with Crippen LogP contribution in [0.25, 0.3) is 10.2 Å². The van der Waals surface area contributed by atoms with Crippen LogP contribution in [0.2, 0.25) is 0 Å². The van der Waals surface area contributed by atoms with E-state index in [0.29, 0.717) is 5.52 Å². The molecule has 0 saturated carbocycles. The molecule has 0 fully saturated rings. The summed E-state index contributed by atoms with van der Waals surface area (Å²) < 4.78 is 0.844. The van der Waals surface area contributed by atoms with Crippen molar-refractivity contribution in [2.45, 2.75) is 0 Å². The Hall–Kier alpha value is -1.36. The number of rotatable bonds is 0. The average Bonchev–Trinajstić information content (AvgIpc) is 2.33. The molecule has 2 heterocycles. The SMILES string of the molecule is Nc1ncc2scc(O)c2n1. The molecule has 0 radical (unpaired) electrons. The van der Waals surface area contributed by atoms with Crippen LogP contribution in [-0.2, 0) is 0 Å². The zero-order valence-electron chi connectivity index (χ0n) is 5.48. The van der Waals surface area contributed by atoms with E-state index in [1.807, 2.05) is 0 Å². The van der Waals surface area contributed by atoms with Crippen molar-refractivity contribution in [2.24, 2.45) is 0 Å². The number of nitrogens with two attached hydrogens (primary N) is 1. The summed E-state index contributed by atoms with van der Waals surface area (Å²) in [5, 5.41) is 10.8. The predicted molar refractivity (Wildman–Crippen MR) is 43.5 cm³/mol. The summed E-state index contributed by atoms with van der Waals surface area (Å²) in [5.74, 6) is 0.352. The maximum Gasteiger partial charge on any atom is 0.220 e. The quantitative estimate of drug-likeness (QED) is 0.613. The van der Waals surface area contributed by atoms with E-state index in [1.54, 1.807) is 11.6 Å². The monoisotopic (exact) mass is 167 g/mol. The molecule has 0 bridgehead atoms. The molecule has 0 saturated heterocycles. The lowest BCUT2D eigenvalue weighted by Gasteiger charge is -1.90. The van der Waals surface area contributed by atoms with Crippen molar-refractivity contribution in [2.75, 3.05) is 5.73 Å². The van der Waals surface area contributed by atoms with E-state index in [0.717, 1.165) is 4.70 Å². The van der Waals surface area contributed by atoms with Gasteiger partial charge in [0.2, 0.25) is 5.95 Å². The molecule has 4 nitrogen and oxygen atoms in total. The van der Waals surface area contributed by atoms with Crippen molar-refractivity contribution < 1.29 is 5.11 Å².